The summed E-state index contributed by atoms with van der Waals surface area (Å²) in [7, 11) is 3.09. The molecule has 38 heavy (non-hydrogen) atoms. The Labute approximate surface area is 218 Å². The number of nitrogens with zero attached hydrogens (tertiary/aromatic N) is 6. The zero-order chi connectivity index (χ0) is 27.4. The molecular formula is C26H27N7O5. The highest BCUT2D eigenvalue weighted by molar-refractivity contribution is 6.04. The van der Waals surface area contributed by atoms with Crippen LogP contribution in [-0.4, -0.2) is 49.2 Å². The minimum Gasteiger partial charge on any atom is -0.501 e. The summed E-state index contributed by atoms with van der Waals surface area (Å²) in [6.07, 6.45) is 4.22. The predicted molar refractivity (Wildman–Crippen MR) is 136 cm³/mol. The second kappa shape index (κ2) is 11.1. The SMILES string of the molecule is COCCn1ncc([C@H](c2ccccc2C#N)[C@H](C)c2nc(C(=O)Nc3cnoc3)c(O)c(=O)n2C)c1C. The number of hydrogen-bond donors (Lipinski definition) is 2. The quantitative estimate of drug-likeness (QED) is 0.340. The van der Waals surface area contributed by atoms with Crippen LogP contribution in [0.2, 0.25) is 0 Å². The summed E-state index contributed by atoms with van der Waals surface area (Å²) in [6.45, 7) is 4.78. The molecule has 2 N–H and O–H groups in total. The minimum atomic E-state index is -0.797. The van der Waals surface area contributed by atoms with Crippen LogP contribution in [0.5, 0.6) is 5.75 Å². The largest absolute Gasteiger partial charge is 0.501 e. The smallest absolute Gasteiger partial charge is 0.296 e. The van der Waals surface area contributed by atoms with Crippen LogP contribution in [0.15, 0.2) is 52.2 Å². The number of nitrogens with one attached hydrogen (secondary N) is 1. The van der Waals surface area contributed by atoms with Crippen LogP contribution in [0.1, 0.15) is 57.5 Å². The molecule has 3 heterocycles. The molecule has 1 amide bonds. The van der Waals surface area contributed by atoms with Gasteiger partial charge in [-0.2, -0.15) is 10.4 Å². The highest BCUT2D eigenvalue weighted by Gasteiger charge is 2.32. The van der Waals surface area contributed by atoms with Gasteiger partial charge in [0.25, 0.3) is 11.5 Å². The van der Waals surface area contributed by atoms with E-state index in [1.807, 2.05) is 30.7 Å². The minimum absolute atomic E-state index is 0.241. The molecule has 4 aromatic rings. The Morgan fingerprint density at radius 2 is 2.05 bits per heavy atom. The van der Waals surface area contributed by atoms with Crippen LogP contribution in [0.25, 0.3) is 0 Å². The average molecular weight is 518 g/mol. The number of methoxy groups -OCH3 is 1. The van der Waals surface area contributed by atoms with Crippen molar-refractivity contribution in [2.45, 2.75) is 32.2 Å². The van der Waals surface area contributed by atoms with Crippen molar-refractivity contribution in [2.24, 2.45) is 7.05 Å². The fraction of sp³-hybridized carbons (Fsp3) is 0.308. The number of hydrogen-bond acceptors (Lipinski definition) is 9. The fourth-order valence-corrected chi connectivity index (χ4v) is 4.52. The molecule has 2 atom stereocenters. The second-order valence-corrected chi connectivity index (χ2v) is 8.77. The summed E-state index contributed by atoms with van der Waals surface area (Å²) < 4.78 is 12.9. The number of amides is 1. The Bertz CT molecular complexity index is 1550. The normalized spacial score (nSPS) is 12.6. The number of aromatic nitrogens is 5. The molecule has 3 aromatic heterocycles. The van der Waals surface area contributed by atoms with Crippen molar-refractivity contribution in [2.75, 3.05) is 19.0 Å². The summed E-state index contributed by atoms with van der Waals surface area (Å²) in [4.78, 5) is 30.4. The molecule has 0 aliphatic rings. The van der Waals surface area contributed by atoms with E-state index in [0.29, 0.717) is 18.7 Å². The Hall–Kier alpha value is -4.76. The van der Waals surface area contributed by atoms with E-state index in [9.17, 15) is 20.0 Å². The summed E-state index contributed by atoms with van der Waals surface area (Å²) in [5, 5.41) is 30.9. The number of ether oxygens (including phenoxy) is 1. The molecule has 0 spiro atoms. The lowest BCUT2D eigenvalue weighted by atomic mass is 9.79. The molecule has 0 radical (unpaired) electrons. The van der Waals surface area contributed by atoms with Crippen LogP contribution in [-0.2, 0) is 18.3 Å². The van der Waals surface area contributed by atoms with Gasteiger partial charge in [0, 0.05) is 37.3 Å². The van der Waals surface area contributed by atoms with E-state index < -0.39 is 34.7 Å². The number of anilines is 1. The molecular weight excluding hydrogens is 490 g/mol. The molecule has 0 aliphatic carbocycles. The molecule has 0 saturated carbocycles. The maximum atomic E-state index is 13.0. The van der Waals surface area contributed by atoms with Crippen LogP contribution in [0.4, 0.5) is 5.69 Å². The van der Waals surface area contributed by atoms with Crippen molar-refractivity contribution >= 4 is 11.6 Å². The number of carbonyl (C=O) groups excluding carboxylic acids is 1. The van der Waals surface area contributed by atoms with E-state index in [0.717, 1.165) is 16.8 Å². The van der Waals surface area contributed by atoms with Gasteiger partial charge in [-0.1, -0.05) is 30.3 Å². The van der Waals surface area contributed by atoms with Crippen molar-refractivity contribution in [3.05, 3.63) is 87.2 Å². The molecule has 0 aliphatic heterocycles. The Kier molecular flexibility index (Phi) is 7.68. The number of benzene rings is 1. The average Bonchev–Trinajstić information content (AvgIpc) is 3.56. The zero-order valence-corrected chi connectivity index (χ0v) is 21.4. The molecule has 0 fully saturated rings. The van der Waals surface area contributed by atoms with E-state index >= 15 is 0 Å². The lowest BCUT2D eigenvalue weighted by Crippen LogP contribution is -2.29. The third-order valence-corrected chi connectivity index (χ3v) is 6.51. The second-order valence-electron chi connectivity index (χ2n) is 8.77. The molecule has 0 unspecified atom stereocenters. The Morgan fingerprint density at radius 3 is 2.74 bits per heavy atom. The Balaban J connectivity index is 1.86. The summed E-state index contributed by atoms with van der Waals surface area (Å²) in [5.41, 5.74) is 1.90. The molecule has 12 heteroatoms. The molecule has 196 valence electrons. The van der Waals surface area contributed by atoms with E-state index in [-0.39, 0.29) is 11.5 Å². The standard InChI is InChI=1S/C26H27N7O5/c1-15(24-31-22(23(34)26(36)32(24)3)25(35)30-18-12-29-38-14-18)21(19-8-6-5-7-17(19)11-27)20-13-28-33(16(20)2)9-10-37-4/h5-8,12-15,21,34H,9-10H2,1-4H3,(H,30,35)/t15-,21-/m0/s1. The first-order chi connectivity index (χ1) is 18.3. The van der Waals surface area contributed by atoms with Gasteiger partial charge < -0.3 is 19.7 Å². The van der Waals surface area contributed by atoms with Gasteiger partial charge in [-0.15, -0.1) is 0 Å². The van der Waals surface area contributed by atoms with Crippen molar-refractivity contribution in [1.29, 1.82) is 5.26 Å². The molecule has 0 saturated heterocycles. The number of nitriles is 1. The van der Waals surface area contributed by atoms with E-state index in [1.54, 1.807) is 25.4 Å². The molecule has 4 rings (SSSR count). The van der Waals surface area contributed by atoms with Gasteiger partial charge >= 0.3 is 0 Å². The maximum absolute atomic E-state index is 13.0. The first kappa shape index (κ1) is 26.3. The van der Waals surface area contributed by atoms with Gasteiger partial charge in [0.2, 0.25) is 5.75 Å². The fourth-order valence-electron chi connectivity index (χ4n) is 4.52. The van der Waals surface area contributed by atoms with E-state index in [1.165, 1.54) is 24.1 Å². The number of aromatic hydroxyl groups is 1. The van der Waals surface area contributed by atoms with Crippen molar-refractivity contribution in [3.63, 3.8) is 0 Å². The zero-order valence-electron chi connectivity index (χ0n) is 21.4. The highest BCUT2D eigenvalue weighted by atomic mass is 16.5. The van der Waals surface area contributed by atoms with Gasteiger partial charge in [0.1, 0.15) is 17.8 Å². The van der Waals surface area contributed by atoms with Crippen molar-refractivity contribution in [3.8, 4) is 11.8 Å². The topological polar surface area (TPSA) is 161 Å². The molecule has 1 aromatic carbocycles. The van der Waals surface area contributed by atoms with E-state index in [4.69, 9.17) is 9.26 Å². The first-order valence-electron chi connectivity index (χ1n) is 11.8. The van der Waals surface area contributed by atoms with Gasteiger partial charge in [-0.3, -0.25) is 18.8 Å². The van der Waals surface area contributed by atoms with Gasteiger partial charge in [0.05, 0.1) is 37.2 Å². The highest BCUT2D eigenvalue weighted by Crippen LogP contribution is 2.40. The van der Waals surface area contributed by atoms with Crippen LogP contribution >= 0.6 is 0 Å². The monoisotopic (exact) mass is 517 g/mol. The first-order valence-corrected chi connectivity index (χ1v) is 11.8. The van der Waals surface area contributed by atoms with Crippen molar-refractivity contribution < 1.29 is 19.2 Å². The van der Waals surface area contributed by atoms with Crippen LogP contribution < -0.4 is 10.9 Å². The third kappa shape index (κ3) is 4.91. The van der Waals surface area contributed by atoms with Gasteiger partial charge in [-0.25, -0.2) is 4.98 Å². The number of rotatable bonds is 9. The predicted octanol–water partition coefficient (Wildman–Crippen LogP) is 2.68. The van der Waals surface area contributed by atoms with E-state index in [2.05, 4.69) is 26.6 Å². The summed E-state index contributed by atoms with van der Waals surface area (Å²) in [5.74, 6) is -2.32. The van der Waals surface area contributed by atoms with Crippen LogP contribution in [0, 0.1) is 18.3 Å². The van der Waals surface area contributed by atoms with Crippen LogP contribution in [0.3, 0.4) is 0 Å². The molecule has 12 nitrogen and oxygen atoms in total. The molecule has 0 bridgehead atoms. The maximum Gasteiger partial charge on any atom is 0.296 e. The van der Waals surface area contributed by atoms with Gasteiger partial charge in [-0.05, 0) is 18.6 Å². The lowest BCUT2D eigenvalue weighted by molar-refractivity contribution is 0.101. The Morgan fingerprint density at radius 1 is 1.29 bits per heavy atom. The summed E-state index contributed by atoms with van der Waals surface area (Å²) >= 11 is 0. The third-order valence-electron chi connectivity index (χ3n) is 6.51. The van der Waals surface area contributed by atoms with Gasteiger partial charge in [0.15, 0.2) is 5.69 Å². The summed E-state index contributed by atoms with van der Waals surface area (Å²) in [6, 6.07) is 9.43. The number of carbonyl (C=O) groups is 1. The lowest BCUT2D eigenvalue weighted by Gasteiger charge is -2.27. The van der Waals surface area contributed by atoms with Crippen molar-refractivity contribution in [1.82, 2.24) is 24.5 Å².